The van der Waals surface area contributed by atoms with E-state index in [9.17, 15) is 19.2 Å². The van der Waals surface area contributed by atoms with Gasteiger partial charge in [-0.2, -0.15) is 5.26 Å². The Hall–Kier alpha value is -3.45. The summed E-state index contributed by atoms with van der Waals surface area (Å²) in [6, 6.07) is 2.83. The number of aryl methyl sites for hydroxylation is 1. The minimum Gasteiger partial charge on any atom is -0.465 e. The van der Waals surface area contributed by atoms with Crippen molar-refractivity contribution in [3.8, 4) is 6.07 Å². The van der Waals surface area contributed by atoms with Crippen LogP contribution in [-0.4, -0.2) is 36.1 Å². The third kappa shape index (κ3) is 4.11. The second-order valence-electron chi connectivity index (χ2n) is 6.51. The number of methoxy groups -OCH3 is 1. The van der Waals surface area contributed by atoms with E-state index in [-0.39, 0.29) is 17.7 Å². The Morgan fingerprint density at radius 3 is 2.73 bits per heavy atom. The number of carbonyl (C=O) groups excluding carboxylic acids is 3. The zero-order valence-corrected chi connectivity index (χ0v) is 17.3. The topological polar surface area (TPSA) is 127 Å². The molecule has 10 heteroatoms. The first-order valence-corrected chi connectivity index (χ1v) is 10.1. The van der Waals surface area contributed by atoms with Crippen molar-refractivity contribution in [2.45, 2.75) is 32.7 Å². The molecule has 0 aliphatic heterocycles. The lowest BCUT2D eigenvalue weighted by molar-refractivity contribution is -0.116. The number of hydrogen-bond donors (Lipinski definition) is 1. The first kappa shape index (κ1) is 21.3. The van der Waals surface area contributed by atoms with Gasteiger partial charge in [-0.15, -0.1) is 11.3 Å². The molecule has 1 N–H and O–H groups in total. The van der Waals surface area contributed by atoms with Crippen LogP contribution in [0.5, 0.6) is 0 Å². The number of rotatable bonds is 6. The number of ether oxygens (including phenoxy) is 2. The fourth-order valence-electron chi connectivity index (χ4n) is 3.30. The van der Waals surface area contributed by atoms with Gasteiger partial charge in [-0.25, -0.2) is 9.59 Å². The molecule has 2 aromatic rings. The predicted molar refractivity (Wildman–Crippen MR) is 108 cm³/mol. The molecule has 156 valence electrons. The molecule has 0 bridgehead atoms. The average Bonchev–Trinajstić information content (AvgIpc) is 3.29. The van der Waals surface area contributed by atoms with Crippen LogP contribution in [0.3, 0.4) is 0 Å². The molecule has 1 amide bonds. The molecule has 2 aromatic heterocycles. The number of nitrogens with one attached hydrogen (secondary N) is 1. The molecule has 9 nitrogen and oxygen atoms in total. The molecular formula is C20H19N3O6S. The molecule has 3 rings (SSSR count). The minimum absolute atomic E-state index is 0.0243. The Balaban J connectivity index is 1.89. The molecule has 0 radical (unpaired) electrons. The molecule has 0 saturated heterocycles. The van der Waals surface area contributed by atoms with Crippen LogP contribution in [-0.2, 0) is 33.7 Å². The van der Waals surface area contributed by atoms with Crippen molar-refractivity contribution in [2.75, 3.05) is 19.0 Å². The lowest BCUT2D eigenvalue weighted by atomic mass is 10.1. The first-order valence-electron chi connectivity index (χ1n) is 9.24. The monoisotopic (exact) mass is 429 g/mol. The third-order valence-electron chi connectivity index (χ3n) is 4.60. The van der Waals surface area contributed by atoms with E-state index in [1.54, 1.807) is 13.0 Å². The molecule has 0 unspecified atom stereocenters. The summed E-state index contributed by atoms with van der Waals surface area (Å²) < 4.78 is 10.7. The number of nitrogens with zero attached hydrogens (tertiary/aromatic N) is 2. The van der Waals surface area contributed by atoms with E-state index < -0.39 is 29.9 Å². The van der Waals surface area contributed by atoms with Crippen molar-refractivity contribution >= 4 is 34.2 Å². The van der Waals surface area contributed by atoms with Crippen molar-refractivity contribution < 1.29 is 23.9 Å². The summed E-state index contributed by atoms with van der Waals surface area (Å²) in [5.74, 6) is -1.81. The number of aromatic nitrogens is 1. The first-order chi connectivity index (χ1) is 14.4. The van der Waals surface area contributed by atoms with Crippen molar-refractivity contribution in [3.05, 3.63) is 49.7 Å². The normalized spacial score (nSPS) is 12.0. The Morgan fingerprint density at radius 1 is 1.30 bits per heavy atom. The summed E-state index contributed by atoms with van der Waals surface area (Å²) in [6.45, 7) is 1.48. The lowest BCUT2D eigenvalue weighted by Crippen LogP contribution is -2.30. The zero-order valence-electron chi connectivity index (χ0n) is 16.4. The highest BCUT2D eigenvalue weighted by Gasteiger charge is 2.28. The summed E-state index contributed by atoms with van der Waals surface area (Å²) in [7, 11) is 1.17. The Bertz CT molecular complexity index is 1120. The number of carbonyl (C=O) groups is 3. The van der Waals surface area contributed by atoms with Crippen LogP contribution in [0.4, 0.5) is 5.00 Å². The quantitative estimate of drug-likeness (QED) is 0.694. The Labute approximate surface area is 175 Å². The molecule has 0 spiro atoms. The van der Waals surface area contributed by atoms with Crippen molar-refractivity contribution in [3.63, 3.8) is 0 Å². The highest BCUT2D eigenvalue weighted by Crippen LogP contribution is 2.39. The zero-order chi connectivity index (χ0) is 21.8. The van der Waals surface area contributed by atoms with Gasteiger partial charge in [0.15, 0.2) is 0 Å². The predicted octanol–water partition coefficient (Wildman–Crippen LogP) is 1.87. The van der Waals surface area contributed by atoms with E-state index in [1.807, 2.05) is 0 Å². The van der Waals surface area contributed by atoms with Crippen LogP contribution in [0, 0.1) is 11.3 Å². The second-order valence-corrected chi connectivity index (χ2v) is 7.61. The number of pyridine rings is 1. The van der Waals surface area contributed by atoms with Gasteiger partial charge in [0.2, 0.25) is 5.91 Å². The number of fused-ring (bicyclic) bond motifs is 1. The van der Waals surface area contributed by atoms with E-state index in [2.05, 4.69) is 10.1 Å². The van der Waals surface area contributed by atoms with Crippen LogP contribution >= 0.6 is 11.3 Å². The van der Waals surface area contributed by atoms with Gasteiger partial charge < -0.3 is 19.4 Å². The highest BCUT2D eigenvalue weighted by atomic mass is 32.1. The van der Waals surface area contributed by atoms with Gasteiger partial charge in [-0.3, -0.25) is 9.59 Å². The van der Waals surface area contributed by atoms with E-state index in [0.29, 0.717) is 10.6 Å². The van der Waals surface area contributed by atoms with Crippen molar-refractivity contribution in [1.82, 2.24) is 4.57 Å². The van der Waals surface area contributed by atoms with Crippen LogP contribution < -0.4 is 10.9 Å². The molecule has 1 aliphatic carbocycles. The van der Waals surface area contributed by atoms with E-state index in [1.165, 1.54) is 18.4 Å². The molecule has 2 heterocycles. The maximum Gasteiger partial charge on any atom is 0.341 e. The lowest BCUT2D eigenvalue weighted by Gasteiger charge is -2.10. The van der Waals surface area contributed by atoms with Gasteiger partial charge in [0.25, 0.3) is 5.56 Å². The van der Waals surface area contributed by atoms with Gasteiger partial charge in [0, 0.05) is 11.1 Å². The van der Waals surface area contributed by atoms with Crippen LogP contribution in [0.15, 0.2) is 17.1 Å². The summed E-state index contributed by atoms with van der Waals surface area (Å²) in [6.07, 6.45) is 3.67. The van der Waals surface area contributed by atoms with Crippen LogP contribution in [0.1, 0.15) is 50.1 Å². The Kier molecular flexibility index (Phi) is 6.32. The molecule has 0 fully saturated rings. The molecule has 0 aromatic carbocycles. The van der Waals surface area contributed by atoms with Gasteiger partial charge in [0.1, 0.15) is 23.2 Å². The number of hydrogen-bond acceptors (Lipinski definition) is 8. The number of thiophene rings is 1. The van der Waals surface area contributed by atoms with Crippen molar-refractivity contribution in [1.29, 1.82) is 5.26 Å². The van der Waals surface area contributed by atoms with Gasteiger partial charge in [-0.05, 0) is 37.8 Å². The van der Waals surface area contributed by atoms with Crippen LogP contribution in [0.25, 0.3) is 0 Å². The molecule has 0 atom stereocenters. The van der Waals surface area contributed by atoms with Crippen LogP contribution in [0.2, 0.25) is 0 Å². The molecule has 30 heavy (non-hydrogen) atoms. The number of nitriles is 1. The number of anilines is 1. The van der Waals surface area contributed by atoms with Gasteiger partial charge in [-0.1, -0.05) is 0 Å². The smallest absolute Gasteiger partial charge is 0.341 e. The summed E-state index contributed by atoms with van der Waals surface area (Å²) in [5, 5.41) is 12.2. The Morgan fingerprint density at radius 2 is 2.07 bits per heavy atom. The number of amides is 1. The second kappa shape index (κ2) is 8.92. The van der Waals surface area contributed by atoms with E-state index >= 15 is 0 Å². The van der Waals surface area contributed by atoms with Gasteiger partial charge in [0.05, 0.1) is 24.8 Å². The molecule has 0 saturated carbocycles. The maximum absolute atomic E-state index is 12.6. The van der Waals surface area contributed by atoms with Crippen molar-refractivity contribution in [2.24, 2.45) is 0 Å². The molecular weight excluding hydrogens is 410 g/mol. The largest absolute Gasteiger partial charge is 0.465 e. The fourth-order valence-corrected chi connectivity index (χ4v) is 4.59. The summed E-state index contributed by atoms with van der Waals surface area (Å²) in [4.78, 5) is 50.2. The van der Waals surface area contributed by atoms with E-state index in [4.69, 9.17) is 10.00 Å². The maximum atomic E-state index is 12.6. The SMILES string of the molecule is CCOC(=O)c1c(NC(=O)Cn2cc(C(=O)OC)cc(C#N)c2=O)sc2c1CCC2. The summed E-state index contributed by atoms with van der Waals surface area (Å²) in [5.41, 5.74) is 0.234. The third-order valence-corrected chi connectivity index (χ3v) is 5.80. The molecule has 1 aliphatic rings. The fraction of sp³-hybridized carbons (Fsp3) is 0.350. The minimum atomic E-state index is -0.736. The van der Waals surface area contributed by atoms with Gasteiger partial charge >= 0.3 is 11.9 Å². The van der Waals surface area contributed by atoms with E-state index in [0.717, 1.165) is 46.5 Å². The number of esters is 2. The highest BCUT2D eigenvalue weighted by molar-refractivity contribution is 7.17. The summed E-state index contributed by atoms with van der Waals surface area (Å²) >= 11 is 1.32. The standard InChI is InChI=1S/C20H19N3O6S/c1-3-29-20(27)16-13-5-4-6-14(13)30-17(16)22-15(24)10-23-9-12(19(26)28-2)7-11(8-21)18(23)25/h7,9H,3-6,10H2,1-2H3,(H,22,24). The average molecular weight is 429 g/mol.